The Balaban J connectivity index is 1.66. The predicted octanol–water partition coefficient (Wildman–Crippen LogP) is 3.76. The maximum Gasteiger partial charge on any atom is 0.141 e. The third kappa shape index (κ3) is 3.38. The molecule has 2 aromatic rings. The largest absolute Gasteiger partial charge is 0.303 e. The second-order valence-electron chi connectivity index (χ2n) is 7.31. The van der Waals surface area contributed by atoms with Crippen LogP contribution in [0.15, 0.2) is 30.6 Å². The van der Waals surface area contributed by atoms with Gasteiger partial charge in [0.2, 0.25) is 0 Å². The second-order valence-corrected chi connectivity index (χ2v) is 7.31. The van der Waals surface area contributed by atoms with Crippen LogP contribution < -0.4 is 5.32 Å². The Bertz CT molecular complexity index is 635. The number of rotatable bonds is 5. The average Bonchev–Trinajstić information content (AvgIpc) is 3.21. The Labute approximate surface area is 133 Å². The van der Waals surface area contributed by atoms with E-state index in [0.29, 0.717) is 6.04 Å². The highest BCUT2D eigenvalue weighted by atomic mass is 15.4. The molecular weight excluding hydrogens is 272 g/mol. The Hall–Kier alpha value is -1.68. The maximum absolute atomic E-state index is 4.39. The molecule has 0 radical (unpaired) electrons. The number of nitrogens with one attached hydrogen (secondary N) is 1. The molecule has 1 N–H and O–H groups in total. The molecule has 1 fully saturated rings. The minimum atomic E-state index is -0.0390. The fraction of sp³-hybridized carbons (Fsp3) is 0.556. The standard InChI is InChI=1S/C18H26N4/c1-13(15-6-5-7-16(10-15)14-8-9-14)19-11-17-20-12-21-22(17)18(2,3)4/h5-7,10,12-14,19H,8-9,11H2,1-4H3/t13-/m0/s1. The first-order chi connectivity index (χ1) is 10.4. The number of benzene rings is 1. The molecule has 4 heteroatoms. The summed E-state index contributed by atoms with van der Waals surface area (Å²) in [7, 11) is 0. The Kier molecular flexibility index (Phi) is 4.04. The van der Waals surface area contributed by atoms with E-state index in [1.54, 1.807) is 6.33 Å². The van der Waals surface area contributed by atoms with Gasteiger partial charge in [0.25, 0.3) is 0 Å². The number of aromatic nitrogens is 3. The van der Waals surface area contributed by atoms with E-state index in [-0.39, 0.29) is 5.54 Å². The van der Waals surface area contributed by atoms with Crippen molar-refractivity contribution >= 4 is 0 Å². The molecule has 118 valence electrons. The van der Waals surface area contributed by atoms with E-state index in [0.717, 1.165) is 18.3 Å². The number of hydrogen-bond acceptors (Lipinski definition) is 3. The summed E-state index contributed by atoms with van der Waals surface area (Å²) >= 11 is 0. The molecule has 0 bridgehead atoms. The lowest BCUT2D eigenvalue weighted by molar-refractivity contribution is 0.335. The summed E-state index contributed by atoms with van der Waals surface area (Å²) in [6.07, 6.45) is 4.33. The smallest absolute Gasteiger partial charge is 0.141 e. The van der Waals surface area contributed by atoms with Gasteiger partial charge in [-0.2, -0.15) is 5.10 Å². The first-order valence-electron chi connectivity index (χ1n) is 8.18. The summed E-state index contributed by atoms with van der Waals surface area (Å²) in [6, 6.07) is 9.30. The molecule has 0 amide bonds. The lowest BCUT2D eigenvalue weighted by Gasteiger charge is -2.22. The van der Waals surface area contributed by atoms with Crippen LogP contribution in [0.1, 0.15) is 69.4 Å². The van der Waals surface area contributed by atoms with Gasteiger partial charge < -0.3 is 5.32 Å². The van der Waals surface area contributed by atoms with E-state index in [2.05, 4.69) is 67.4 Å². The van der Waals surface area contributed by atoms with Gasteiger partial charge in [-0.05, 0) is 57.6 Å². The van der Waals surface area contributed by atoms with Crippen LogP contribution in [0.4, 0.5) is 0 Å². The van der Waals surface area contributed by atoms with Crippen molar-refractivity contribution in [3.05, 3.63) is 47.5 Å². The van der Waals surface area contributed by atoms with E-state index in [4.69, 9.17) is 0 Å². The van der Waals surface area contributed by atoms with Crippen molar-refractivity contribution in [3.63, 3.8) is 0 Å². The van der Waals surface area contributed by atoms with Gasteiger partial charge in [-0.25, -0.2) is 9.67 Å². The van der Waals surface area contributed by atoms with Crippen molar-refractivity contribution in [2.75, 3.05) is 0 Å². The van der Waals surface area contributed by atoms with Gasteiger partial charge in [-0.1, -0.05) is 24.3 Å². The molecule has 1 aliphatic rings. The van der Waals surface area contributed by atoms with Crippen molar-refractivity contribution in [1.82, 2.24) is 20.1 Å². The summed E-state index contributed by atoms with van der Waals surface area (Å²) in [5.41, 5.74) is 2.80. The van der Waals surface area contributed by atoms with Gasteiger partial charge >= 0.3 is 0 Å². The predicted molar refractivity (Wildman–Crippen MR) is 88.7 cm³/mol. The van der Waals surface area contributed by atoms with Gasteiger partial charge in [-0.3, -0.25) is 0 Å². The molecule has 1 atom stereocenters. The van der Waals surface area contributed by atoms with Gasteiger partial charge in [0.15, 0.2) is 0 Å². The third-order valence-corrected chi connectivity index (χ3v) is 4.28. The molecule has 22 heavy (non-hydrogen) atoms. The SMILES string of the molecule is C[C@H](NCc1ncnn1C(C)(C)C)c1cccc(C2CC2)c1. The first-order valence-corrected chi connectivity index (χ1v) is 8.18. The van der Waals surface area contributed by atoms with E-state index in [9.17, 15) is 0 Å². The van der Waals surface area contributed by atoms with Gasteiger partial charge in [-0.15, -0.1) is 0 Å². The summed E-state index contributed by atoms with van der Waals surface area (Å²) in [6.45, 7) is 9.38. The molecular formula is C18H26N4. The van der Waals surface area contributed by atoms with Crippen molar-refractivity contribution in [2.24, 2.45) is 0 Å². The van der Waals surface area contributed by atoms with Crippen molar-refractivity contribution in [2.45, 2.75) is 64.6 Å². The van der Waals surface area contributed by atoms with Crippen molar-refractivity contribution < 1.29 is 0 Å². The minimum absolute atomic E-state index is 0.0390. The Morgan fingerprint density at radius 2 is 2.09 bits per heavy atom. The van der Waals surface area contributed by atoms with Crippen LogP contribution in [-0.2, 0) is 12.1 Å². The summed E-state index contributed by atoms with van der Waals surface area (Å²) in [5, 5.41) is 7.93. The molecule has 1 aliphatic carbocycles. The van der Waals surface area contributed by atoms with E-state index in [1.807, 2.05) is 4.68 Å². The topological polar surface area (TPSA) is 42.7 Å². The molecule has 1 aromatic heterocycles. The zero-order valence-electron chi connectivity index (χ0n) is 14.0. The number of hydrogen-bond donors (Lipinski definition) is 1. The molecule has 1 saturated carbocycles. The van der Waals surface area contributed by atoms with Gasteiger partial charge in [0, 0.05) is 6.04 Å². The van der Waals surface area contributed by atoms with Crippen molar-refractivity contribution in [1.29, 1.82) is 0 Å². The first kappa shape index (κ1) is 15.2. The average molecular weight is 298 g/mol. The monoisotopic (exact) mass is 298 g/mol. The molecule has 3 rings (SSSR count). The van der Waals surface area contributed by atoms with Gasteiger partial charge in [0.1, 0.15) is 12.2 Å². The van der Waals surface area contributed by atoms with E-state index in [1.165, 1.54) is 24.0 Å². The second kappa shape index (κ2) is 5.84. The van der Waals surface area contributed by atoms with Crippen molar-refractivity contribution in [3.8, 4) is 0 Å². The van der Waals surface area contributed by atoms with Crippen LogP contribution in [0.25, 0.3) is 0 Å². The van der Waals surface area contributed by atoms with Crippen LogP contribution >= 0.6 is 0 Å². The molecule has 0 spiro atoms. The maximum atomic E-state index is 4.39. The molecule has 0 saturated heterocycles. The van der Waals surface area contributed by atoms with Gasteiger partial charge in [0.05, 0.1) is 12.1 Å². The molecule has 1 heterocycles. The number of nitrogens with zero attached hydrogens (tertiary/aromatic N) is 3. The van der Waals surface area contributed by atoms with Crippen LogP contribution in [-0.4, -0.2) is 14.8 Å². The van der Waals surface area contributed by atoms with Crippen LogP contribution in [0.5, 0.6) is 0 Å². The zero-order chi connectivity index (χ0) is 15.7. The highest BCUT2D eigenvalue weighted by Crippen LogP contribution is 2.40. The third-order valence-electron chi connectivity index (χ3n) is 4.28. The Morgan fingerprint density at radius 3 is 2.77 bits per heavy atom. The van der Waals surface area contributed by atoms with Crippen LogP contribution in [0.2, 0.25) is 0 Å². The lowest BCUT2D eigenvalue weighted by Crippen LogP contribution is -2.29. The van der Waals surface area contributed by atoms with Crippen LogP contribution in [0.3, 0.4) is 0 Å². The lowest BCUT2D eigenvalue weighted by atomic mass is 10.0. The molecule has 4 nitrogen and oxygen atoms in total. The quantitative estimate of drug-likeness (QED) is 0.914. The normalized spacial score (nSPS) is 16.7. The summed E-state index contributed by atoms with van der Waals surface area (Å²) < 4.78 is 1.99. The fourth-order valence-corrected chi connectivity index (χ4v) is 2.81. The van der Waals surface area contributed by atoms with Crippen LogP contribution in [0, 0.1) is 0 Å². The molecule has 1 aromatic carbocycles. The zero-order valence-corrected chi connectivity index (χ0v) is 14.0. The summed E-state index contributed by atoms with van der Waals surface area (Å²) in [5.74, 6) is 1.79. The summed E-state index contributed by atoms with van der Waals surface area (Å²) in [4.78, 5) is 4.39. The Morgan fingerprint density at radius 1 is 1.32 bits per heavy atom. The highest BCUT2D eigenvalue weighted by Gasteiger charge is 2.24. The molecule has 0 unspecified atom stereocenters. The van der Waals surface area contributed by atoms with E-state index >= 15 is 0 Å². The fourth-order valence-electron chi connectivity index (χ4n) is 2.81. The highest BCUT2D eigenvalue weighted by molar-refractivity contribution is 5.30. The minimum Gasteiger partial charge on any atom is -0.303 e. The molecule has 0 aliphatic heterocycles. The van der Waals surface area contributed by atoms with E-state index < -0.39 is 0 Å².